The second-order valence-electron chi connectivity index (χ2n) is 3.59. The Labute approximate surface area is 90.9 Å². The van der Waals surface area contributed by atoms with Gasteiger partial charge in [0, 0.05) is 5.56 Å². The maximum Gasteiger partial charge on any atom is 0.121 e. The van der Waals surface area contributed by atoms with Gasteiger partial charge in [0.15, 0.2) is 0 Å². The fourth-order valence-corrected chi connectivity index (χ4v) is 1.38. The van der Waals surface area contributed by atoms with Crippen molar-refractivity contribution in [1.29, 1.82) is 0 Å². The molecule has 1 aromatic carbocycles. The topological polar surface area (TPSA) is 40.5 Å². The zero-order valence-corrected chi connectivity index (χ0v) is 9.11. The summed E-state index contributed by atoms with van der Waals surface area (Å²) in [6.45, 7) is 2.04. The Bertz CT molecular complexity index is 329. The zero-order valence-electron chi connectivity index (χ0n) is 9.11. The molecule has 0 bridgehead atoms. The van der Waals surface area contributed by atoms with Gasteiger partial charge >= 0.3 is 0 Å². The molecule has 1 aromatic rings. The van der Waals surface area contributed by atoms with Crippen LogP contribution in [-0.4, -0.2) is 10.2 Å². The molecule has 2 nitrogen and oxygen atoms in total. The highest BCUT2D eigenvalue weighted by molar-refractivity contribution is 5.52. The third-order valence-electron chi connectivity index (χ3n) is 2.31. The largest absolute Gasteiger partial charge is 0.508 e. The number of hydrogen-bond acceptors (Lipinski definition) is 2. The summed E-state index contributed by atoms with van der Waals surface area (Å²) in [4.78, 5) is 0. The molecule has 2 N–H and O–H groups in total. The minimum Gasteiger partial charge on any atom is -0.508 e. The summed E-state index contributed by atoms with van der Waals surface area (Å²) in [6.07, 6.45) is 7.61. The third kappa shape index (κ3) is 3.76. The summed E-state index contributed by atoms with van der Waals surface area (Å²) in [5, 5.41) is 18.3. The van der Waals surface area contributed by atoms with Crippen LogP contribution in [0.2, 0.25) is 0 Å². The Hall–Kier alpha value is -1.28. The van der Waals surface area contributed by atoms with Crippen LogP contribution in [0.4, 0.5) is 0 Å². The van der Waals surface area contributed by atoms with E-state index in [1.807, 2.05) is 12.1 Å². The van der Waals surface area contributed by atoms with Crippen LogP contribution in [0, 0.1) is 0 Å². The number of phenols is 1. The number of aliphatic hydroxyl groups excluding tert-OH is 1. The lowest BCUT2D eigenvalue weighted by Gasteiger charge is -2.01. The minimum atomic E-state index is -0.123. The molecule has 15 heavy (non-hydrogen) atoms. The lowest BCUT2D eigenvalue weighted by Crippen LogP contribution is -1.85. The van der Waals surface area contributed by atoms with E-state index in [1.54, 1.807) is 12.1 Å². The second-order valence-corrected chi connectivity index (χ2v) is 3.59. The monoisotopic (exact) mass is 206 g/mol. The highest BCUT2D eigenvalue weighted by atomic mass is 16.3. The number of hydrogen-bond donors (Lipinski definition) is 2. The Morgan fingerprint density at radius 1 is 1.33 bits per heavy atom. The van der Waals surface area contributed by atoms with Crippen LogP contribution in [0.15, 0.2) is 24.3 Å². The van der Waals surface area contributed by atoms with Crippen molar-refractivity contribution in [2.75, 3.05) is 0 Å². The molecule has 82 valence electrons. The fraction of sp³-hybridized carbons (Fsp3) is 0.385. The van der Waals surface area contributed by atoms with Crippen LogP contribution in [0.25, 0.3) is 6.08 Å². The number of unbranched alkanes of at least 4 members (excludes halogenated alkanes) is 2. The summed E-state index contributed by atoms with van der Waals surface area (Å²) >= 11 is 0. The first-order valence-electron chi connectivity index (χ1n) is 5.37. The molecule has 0 saturated carbocycles. The van der Waals surface area contributed by atoms with E-state index in [9.17, 15) is 5.11 Å². The van der Waals surface area contributed by atoms with Gasteiger partial charge in [0.2, 0.25) is 0 Å². The van der Waals surface area contributed by atoms with E-state index < -0.39 is 0 Å². The summed E-state index contributed by atoms with van der Waals surface area (Å²) in [5.41, 5.74) is 1.60. The van der Waals surface area contributed by atoms with E-state index in [2.05, 4.69) is 13.0 Å². The standard InChI is InChI=1S/C13H18O2/c1-2-3-4-5-6-11-7-8-13(15)12(9-11)10-14/h5-9,14-15H,2-4,10H2,1H3. The van der Waals surface area contributed by atoms with Crippen molar-refractivity contribution in [3.05, 3.63) is 35.4 Å². The average molecular weight is 206 g/mol. The molecule has 0 spiro atoms. The van der Waals surface area contributed by atoms with Gasteiger partial charge in [-0.05, 0) is 24.1 Å². The van der Waals surface area contributed by atoms with Gasteiger partial charge in [-0.3, -0.25) is 0 Å². The summed E-state index contributed by atoms with van der Waals surface area (Å²) < 4.78 is 0. The van der Waals surface area contributed by atoms with Crippen LogP contribution in [0.1, 0.15) is 37.3 Å². The van der Waals surface area contributed by atoms with E-state index >= 15 is 0 Å². The van der Waals surface area contributed by atoms with E-state index in [0.717, 1.165) is 12.0 Å². The van der Waals surface area contributed by atoms with Gasteiger partial charge in [-0.1, -0.05) is 38.0 Å². The maximum atomic E-state index is 9.36. The summed E-state index contributed by atoms with van der Waals surface area (Å²) in [7, 11) is 0. The molecule has 0 fully saturated rings. The molecular weight excluding hydrogens is 188 g/mol. The minimum absolute atomic E-state index is 0.123. The first-order valence-corrected chi connectivity index (χ1v) is 5.37. The number of benzene rings is 1. The van der Waals surface area contributed by atoms with Gasteiger partial charge in [0.05, 0.1) is 6.61 Å². The van der Waals surface area contributed by atoms with E-state index in [0.29, 0.717) is 5.56 Å². The number of aliphatic hydroxyl groups is 1. The Morgan fingerprint density at radius 2 is 2.13 bits per heavy atom. The fourth-order valence-electron chi connectivity index (χ4n) is 1.38. The van der Waals surface area contributed by atoms with Crippen molar-refractivity contribution in [2.24, 2.45) is 0 Å². The number of allylic oxidation sites excluding steroid dienone is 1. The van der Waals surface area contributed by atoms with Crippen molar-refractivity contribution in [1.82, 2.24) is 0 Å². The average Bonchev–Trinajstić information content (AvgIpc) is 2.26. The lowest BCUT2D eigenvalue weighted by molar-refractivity contribution is 0.275. The molecule has 0 heterocycles. The number of aromatic hydroxyl groups is 1. The first-order chi connectivity index (χ1) is 7.27. The molecule has 0 unspecified atom stereocenters. The van der Waals surface area contributed by atoms with E-state index in [-0.39, 0.29) is 12.4 Å². The van der Waals surface area contributed by atoms with Gasteiger partial charge < -0.3 is 10.2 Å². The quantitative estimate of drug-likeness (QED) is 0.727. The number of rotatable bonds is 5. The lowest BCUT2D eigenvalue weighted by atomic mass is 10.1. The highest BCUT2D eigenvalue weighted by Gasteiger charge is 1.98. The van der Waals surface area contributed by atoms with Crippen LogP contribution < -0.4 is 0 Å². The summed E-state index contributed by atoms with van der Waals surface area (Å²) in [6, 6.07) is 5.26. The van der Waals surface area contributed by atoms with Crippen molar-refractivity contribution >= 4 is 6.08 Å². The third-order valence-corrected chi connectivity index (χ3v) is 2.31. The van der Waals surface area contributed by atoms with Gasteiger partial charge in [-0.25, -0.2) is 0 Å². The van der Waals surface area contributed by atoms with Gasteiger partial charge in [0.25, 0.3) is 0 Å². The Morgan fingerprint density at radius 3 is 2.80 bits per heavy atom. The highest BCUT2D eigenvalue weighted by Crippen LogP contribution is 2.19. The predicted molar refractivity (Wildman–Crippen MR) is 62.6 cm³/mol. The van der Waals surface area contributed by atoms with Crippen LogP contribution in [0.5, 0.6) is 5.75 Å². The van der Waals surface area contributed by atoms with Gasteiger partial charge in [-0.2, -0.15) is 0 Å². The molecule has 0 aliphatic heterocycles. The first kappa shape index (κ1) is 11.8. The van der Waals surface area contributed by atoms with Crippen molar-refractivity contribution < 1.29 is 10.2 Å². The van der Waals surface area contributed by atoms with E-state index in [4.69, 9.17) is 5.11 Å². The van der Waals surface area contributed by atoms with Crippen LogP contribution in [0.3, 0.4) is 0 Å². The Kier molecular flexibility index (Phi) is 4.91. The SMILES string of the molecule is CCCCC=Cc1ccc(O)c(CO)c1. The molecule has 0 amide bonds. The maximum absolute atomic E-state index is 9.36. The van der Waals surface area contributed by atoms with Gasteiger partial charge in [0.1, 0.15) is 5.75 Å². The smallest absolute Gasteiger partial charge is 0.121 e. The molecule has 0 aromatic heterocycles. The van der Waals surface area contributed by atoms with Gasteiger partial charge in [-0.15, -0.1) is 0 Å². The Balaban J connectivity index is 2.65. The zero-order chi connectivity index (χ0) is 11.1. The van der Waals surface area contributed by atoms with E-state index in [1.165, 1.54) is 12.8 Å². The molecule has 0 atom stereocenters. The second kappa shape index (κ2) is 6.25. The molecule has 0 saturated heterocycles. The molecule has 0 aliphatic rings. The molecule has 2 heteroatoms. The molecule has 0 radical (unpaired) electrons. The van der Waals surface area contributed by atoms with Crippen molar-refractivity contribution in [3.8, 4) is 5.75 Å². The normalized spacial score (nSPS) is 11.1. The van der Waals surface area contributed by atoms with Crippen LogP contribution in [-0.2, 0) is 6.61 Å². The summed E-state index contributed by atoms with van der Waals surface area (Å²) in [5.74, 6) is 0.156. The van der Waals surface area contributed by atoms with Crippen LogP contribution >= 0.6 is 0 Å². The van der Waals surface area contributed by atoms with Crippen molar-refractivity contribution in [2.45, 2.75) is 32.8 Å². The molecule has 0 aliphatic carbocycles. The predicted octanol–water partition coefficient (Wildman–Crippen LogP) is 3.09. The molecule has 1 rings (SSSR count). The van der Waals surface area contributed by atoms with Crippen molar-refractivity contribution in [3.63, 3.8) is 0 Å². The molecular formula is C13H18O2.